The molecule has 0 saturated carbocycles. The van der Waals surface area contributed by atoms with Gasteiger partial charge in [-0.1, -0.05) is 6.07 Å². The first-order chi connectivity index (χ1) is 8.99. The summed E-state index contributed by atoms with van der Waals surface area (Å²) in [6, 6.07) is 5.56. The lowest BCUT2D eigenvalue weighted by Crippen LogP contribution is -2.36. The van der Waals surface area contributed by atoms with Crippen molar-refractivity contribution in [1.82, 2.24) is 4.90 Å². The Morgan fingerprint density at radius 3 is 2.37 bits per heavy atom. The first-order valence-corrected chi connectivity index (χ1v) is 6.51. The van der Waals surface area contributed by atoms with Gasteiger partial charge in [-0.3, -0.25) is 9.59 Å². The number of benzene rings is 1. The van der Waals surface area contributed by atoms with E-state index in [9.17, 15) is 9.59 Å². The van der Waals surface area contributed by atoms with Crippen molar-refractivity contribution >= 4 is 11.9 Å². The van der Waals surface area contributed by atoms with E-state index in [-0.39, 0.29) is 18.4 Å². The van der Waals surface area contributed by atoms with Gasteiger partial charge in [0.15, 0.2) is 0 Å². The molecule has 104 valence electrons. The van der Waals surface area contributed by atoms with Gasteiger partial charge >= 0.3 is 5.97 Å². The maximum absolute atomic E-state index is 12.3. The van der Waals surface area contributed by atoms with Gasteiger partial charge in [0.05, 0.1) is 6.61 Å². The number of nitrogens with zero attached hydrogens (tertiary/aromatic N) is 1. The molecule has 1 rings (SSSR count). The molecule has 0 N–H and O–H groups in total. The number of likely N-dealkylation sites (N-methyl/N-ethyl adjacent to an activating group) is 1. The van der Waals surface area contributed by atoms with Crippen LogP contribution in [0.3, 0.4) is 0 Å². The molecular weight excluding hydrogens is 242 g/mol. The lowest BCUT2D eigenvalue weighted by atomic mass is 10.1. The van der Waals surface area contributed by atoms with Crippen LogP contribution in [0.2, 0.25) is 0 Å². The lowest BCUT2D eigenvalue weighted by molar-refractivity contribution is -0.143. The third-order valence-corrected chi connectivity index (χ3v) is 3.05. The molecule has 0 fully saturated rings. The Hall–Kier alpha value is -1.84. The summed E-state index contributed by atoms with van der Waals surface area (Å²) in [5, 5.41) is 0. The molecule has 0 spiro atoms. The highest BCUT2D eigenvalue weighted by molar-refractivity contribution is 5.96. The minimum absolute atomic E-state index is 0.00387. The first kappa shape index (κ1) is 15.2. The van der Waals surface area contributed by atoms with E-state index in [1.807, 2.05) is 32.9 Å². The molecule has 0 aromatic heterocycles. The molecule has 0 aliphatic rings. The number of hydrogen-bond acceptors (Lipinski definition) is 3. The molecule has 1 aromatic carbocycles. The Bertz CT molecular complexity index is 468. The lowest BCUT2D eigenvalue weighted by Gasteiger charge is -2.20. The Morgan fingerprint density at radius 2 is 1.84 bits per heavy atom. The summed E-state index contributed by atoms with van der Waals surface area (Å²) in [6.07, 6.45) is 0. The number of ether oxygens (including phenoxy) is 1. The van der Waals surface area contributed by atoms with Crippen molar-refractivity contribution in [2.75, 3.05) is 19.7 Å². The van der Waals surface area contributed by atoms with E-state index >= 15 is 0 Å². The predicted octanol–water partition coefficient (Wildman–Crippen LogP) is 2.33. The highest BCUT2D eigenvalue weighted by Gasteiger charge is 2.18. The van der Waals surface area contributed by atoms with Crippen LogP contribution in [0.1, 0.15) is 35.3 Å². The van der Waals surface area contributed by atoms with Crippen LogP contribution in [0.4, 0.5) is 0 Å². The van der Waals surface area contributed by atoms with E-state index in [0.29, 0.717) is 18.7 Å². The summed E-state index contributed by atoms with van der Waals surface area (Å²) in [7, 11) is 0. The number of carbonyl (C=O) groups excluding carboxylic acids is 2. The molecule has 4 nitrogen and oxygen atoms in total. The van der Waals surface area contributed by atoms with Gasteiger partial charge in [0.25, 0.3) is 5.91 Å². The Morgan fingerprint density at radius 1 is 1.16 bits per heavy atom. The predicted molar refractivity (Wildman–Crippen MR) is 74.1 cm³/mol. The summed E-state index contributed by atoms with van der Waals surface area (Å²) < 4.78 is 4.87. The van der Waals surface area contributed by atoms with Gasteiger partial charge < -0.3 is 9.64 Å². The van der Waals surface area contributed by atoms with E-state index in [2.05, 4.69) is 0 Å². The quantitative estimate of drug-likeness (QED) is 0.766. The normalized spacial score (nSPS) is 10.1. The third-order valence-electron chi connectivity index (χ3n) is 3.05. The highest BCUT2D eigenvalue weighted by atomic mass is 16.5. The van der Waals surface area contributed by atoms with E-state index in [0.717, 1.165) is 11.1 Å². The van der Waals surface area contributed by atoms with E-state index in [4.69, 9.17) is 4.74 Å². The SMILES string of the molecule is CCOC(=O)CN(CC)C(=O)c1ccc(C)c(C)c1. The molecule has 0 radical (unpaired) electrons. The smallest absolute Gasteiger partial charge is 0.325 e. The molecule has 0 atom stereocenters. The second-order valence-electron chi connectivity index (χ2n) is 4.42. The van der Waals surface area contributed by atoms with Crippen LogP contribution in [0.25, 0.3) is 0 Å². The molecular formula is C15H21NO3. The highest BCUT2D eigenvalue weighted by Crippen LogP contribution is 2.12. The molecule has 0 heterocycles. The summed E-state index contributed by atoms with van der Waals surface area (Å²) in [5.41, 5.74) is 2.82. The number of esters is 1. The van der Waals surface area contributed by atoms with E-state index < -0.39 is 0 Å². The molecule has 19 heavy (non-hydrogen) atoms. The van der Waals surface area contributed by atoms with Crippen molar-refractivity contribution in [3.8, 4) is 0 Å². The van der Waals surface area contributed by atoms with Crippen molar-refractivity contribution in [3.63, 3.8) is 0 Å². The maximum atomic E-state index is 12.3. The minimum atomic E-state index is -0.374. The summed E-state index contributed by atoms with van der Waals surface area (Å²) in [5.74, 6) is -0.514. The van der Waals surface area contributed by atoms with Crippen LogP contribution in [0.5, 0.6) is 0 Å². The number of aryl methyl sites for hydroxylation is 2. The second-order valence-corrected chi connectivity index (χ2v) is 4.42. The molecule has 0 saturated heterocycles. The van der Waals surface area contributed by atoms with Crippen molar-refractivity contribution in [2.45, 2.75) is 27.7 Å². The van der Waals surface area contributed by atoms with Crippen molar-refractivity contribution in [2.24, 2.45) is 0 Å². The minimum Gasteiger partial charge on any atom is -0.465 e. The standard InChI is InChI=1S/C15H21NO3/c1-5-16(10-14(17)19-6-2)15(18)13-8-7-11(3)12(4)9-13/h7-9H,5-6,10H2,1-4H3. The van der Waals surface area contributed by atoms with Gasteiger partial charge in [0.1, 0.15) is 6.54 Å². The molecule has 1 aromatic rings. The molecule has 0 unspecified atom stereocenters. The van der Waals surface area contributed by atoms with Crippen molar-refractivity contribution in [3.05, 3.63) is 34.9 Å². The molecule has 4 heteroatoms. The largest absolute Gasteiger partial charge is 0.465 e. The summed E-state index contributed by atoms with van der Waals surface area (Å²) in [4.78, 5) is 25.2. The van der Waals surface area contributed by atoms with Crippen LogP contribution in [0, 0.1) is 13.8 Å². The molecule has 1 amide bonds. The van der Waals surface area contributed by atoms with Gasteiger partial charge in [-0.05, 0) is 51.0 Å². The number of hydrogen-bond donors (Lipinski definition) is 0. The van der Waals surface area contributed by atoms with Crippen LogP contribution >= 0.6 is 0 Å². The summed E-state index contributed by atoms with van der Waals surface area (Å²) in [6.45, 7) is 8.36. The zero-order valence-electron chi connectivity index (χ0n) is 12.0. The fraction of sp³-hybridized carbons (Fsp3) is 0.467. The van der Waals surface area contributed by atoms with Gasteiger partial charge in [0.2, 0.25) is 0 Å². The van der Waals surface area contributed by atoms with Gasteiger partial charge in [-0.2, -0.15) is 0 Å². The third kappa shape index (κ3) is 4.09. The zero-order chi connectivity index (χ0) is 14.4. The molecule has 0 aliphatic carbocycles. The first-order valence-electron chi connectivity index (χ1n) is 6.51. The number of rotatable bonds is 5. The summed E-state index contributed by atoms with van der Waals surface area (Å²) >= 11 is 0. The Balaban J connectivity index is 2.83. The fourth-order valence-electron chi connectivity index (χ4n) is 1.75. The zero-order valence-corrected chi connectivity index (χ0v) is 12.0. The van der Waals surface area contributed by atoms with E-state index in [1.54, 1.807) is 13.0 Å². The second kappa shape index (κ2) is 6.92. The van der Waals surface area contributed by atoms with Crippen molar-refractivity contribution < 1.29 is 14.3 Å². The van der Waals surface area contributed by atoms with Crippen LogP contribution in [-0.4, -0.2) is 36.5 Å². The van der Waals surface area contributed by atoms with Gasteiger partial charge in [-0.15, -0.1) is 0 Å². The molecule has 0 aliphatic heterocycles. The Labute approximate surface area is 114 Å². The van der Waals surface area contributed by atoms with Crippen LogP contribution in [0.15, 0.2) is 18.2 Å². The average Bonchev–Trinajstić information content (AvgIpc) is 2.38. The topological polar surface area (TPSA) is 46.6 Å². The monoisotopic (exact) mass is 263 g/mol. The van der Waals surface area contributed by atoms with Crippen LogP contribution in [-0.2, 0) is 9.53 Å². The van der Waals surface area contributed by atoms with Crippen molar-refractivity contribution in [1.29, 1.82) is 0 Å². The Kier molecular flexibility index (Phi) is 5.55. The van der Waals surface area contributed by atoms with Crippen LogP contribution < -0.4 is 0 Å². The number of amides is 1. The molecule has 0 bridgehead atoms. The van der Waals surface area contributed by atoms with E-state index in [1.165, 1.54) is 4.90 Å². The average molecular weight is 263 g/mol. The van der Waals surface area contributed by atoms with Gasteiger partial charge in [-0.25, -0.2) is 0 Å². The number of carbonyl (C=O) groups is 2. The maximum Gasteiger partial charge on any atom is 0.325 e. The fourth-order valence-corrected chi connectivity index (χ4v) is 1.75. The van der Waals surface area contributed by atoms with Gasteiger partial charge in [0, 0.05) is 12.1 Å².